The minimum atomic E-state index is 0.274. The standard InChI is InChI=1S/C17H27BrN2/c1-5-10-19-13(2)14-7-8-16(15(18)12-14)20-11-6-9-17(20,3)4/h7-8,12-13,19H,5-6,9-11H2,1-4H3. The van der Waals surface area contributed by atoms with Crippen LogP contribution in [0.2, 0.25) is 0 Å². The van der Waals surface area contributed by atoms with Crippen molar-refractivity contribution in [1.29, 1.82) is 0 Å². The zero-order chi connectivity index (χ0) is 14.8. The molecule has 3 heteroatoms. The minimum Gasteiger partial charge on any atom is -0.366 e. The monoisotopic (exact) mass is 338 g/mol. The second kappa shape index (κ2) is 6.48. The molecule has 1 aliphatic rings. The van der Waals surface area contributed by atoms with Gasteiger partial charge in [0.25, 0.3) is 0 Å². The number of nitrogens with one attached hydrogen (secondary N) is 1. The summed E-state index contributed by atoms with van der Waals surface area (Å²) in [6.07, 6.45) is 3.73. The summed E-state index contributed by atoms with van der Waals surface area (Å²) < 4.78 is 1.22. The van der Waals surface area contributed by atoms with Gasteiger partial charge in [0.1, 0.15) is 0 Å². The maximum Gasteiger partial charge on any atom is 0.0515 e. The highest BCUT2D eigenvalue weighted by atomic mass is 79.9. The first-order valence-corrected chi connectivity index (χ1v) is 8.55. The summed E-state index contributed by atoms with van der Waals surface area (Å²) in [5.41, 5.74) is 2.96. The van der Waals surface area contributed by atoms with E-state index in [0.717, 1.165) is 13.1 Å². The van der Waals surface area contributed by atoms with Crippen molar-refractivity contribution in [2.75, 3.05) is 18.0 Å². The molecule has 0 radical (unpaired) electrons. The van der Waals surface area contributed by atoms with E-state index in [1.165, 1.54) is 35.0 Å². The number of benzene rings is 1. The fraction of sp³-hybridized carbons (Fsp3) is 0.647. The molecule has 0 spiro atoms. The molecule has 1 aromatic rings. The number of anilines is 1. The van der Waals surface area contributed by atoms with Crippen LogP contribution in [0.5, 0.6) is 0 Å². The predicted octanol–water partition coefficient (Wildman–Crippen LogP) is 4.89. The quantitative estimate of drug-likeness (QED) is 0.822. The molecule has 1 unspecified atom stereocenters. The molecular formula is C17H27BrN2. The number of hydrogen-bond donors (Lipinski definition) is 1. The van der Waals surface area contributed by atoms with Crippen LogP contribution < -0.4 is 10.2 Å². The van der Waals surface area contributed by atoms with Gasteiger partial charge in [-0.3, -0.25) is 0 Å². The summed E-state index contributed by atoms with van der Waals surface area (Å²) in [4.78, 5) is 2.53. The van der Waals surface area contributed by atoms with Crippen molar-refractivity contribution in [2.45, 2.75) is 58.5 Å². The Morgan fingerprint density at radius 3 is 2.70 bits per heavy atom. The maximum absolute atomic E-state index is 3.78. The Balaban J connectivity index is 2.18. The fourth-order valence-electron chi connectivity index (χ4n) is 3.04. The van der Waals surface area contributed by atoms with E-state index in [4.69, 9.17) is 0 Å². The third-order valence-corrected chi connectivity index (χ3v) is 5.00. The molecule has 1 heterocycles. The molecule has 20 heavy (non-hydrogen) atoms. The van der Waals surface area contributed by atoms with Crippen LogP contribution in [0.25, 0.3) is 0 Å². The molecule has 0 amide bonds. The van der Waals surface area contributed by atoms with Gasteiger partial charge >= 0.3 is 0 Å². The number of nitrogens with zero attached hydrogens (tertiary/aromatic N) is 1. The Morgan fingerprint density at radius 1 is 1.40 bits per heavy atom. The minimum absolute atomic E-state index is 0.274. The van der Waals surface area contributed by atoms with E-state index >= 15 is 0 Å². The van der Waals surface area contributed by atoms with E-state index in [-0.39, 0.29) is 5.54 Å². The summed E-state index contributed by atoms with van der Waals surface area (Å²) in [6, 6.07) is 7.22. The normalized spacial score (nSPS) is 19.4. The molecule has 1 atom stereocenters. The molecule has 1 aliphatic heterocycles. The molecule has 112 valence electrons. The average molecular weight is 339 g/mol. The Kier molecular flexibility index (Phi) is 5.14. The Labute approximate surface area is 132 Å². The molecule has 1 fully saturated rings. The lowest BCUT2D eigenvalue weighted by atomic mass is 10.0. The number of halogens is 1. The molecule has 0 aromatic heterocycles. The van der Waals surface area contributed by atoms with Crippen LogP contribution in [0.4, 0.5) is 5.69 Å². The lowest BCUT2D eigenvalue weighted by Gasteiger charge is -2.34. The van der Waals surface area contributed by atoms with E-state index in [9.17, 15) is 0 Å². The molecule has 2 nitrogen and oxygen atoms in total. The van der Waals surface area contributed by atoms with Crippen LogP contribution >= 0.6 is 15.9 Å². The van der Waals surface area contributed by atoms with Gasteiger partial charge in [-0.05, 0) is 80.2 Å². The molecule has 1 aromatic carbocycles. The van der Waals surface area contributed by atoms with E-state index < -0.39 is 0 Å². The summed E-state index contributed by atoms with van der Waals surface area (Å²) in [6.45, 7) is 11.3. The van der Waals surface area contributed by atoms with Crippen molar-refractivity contribution in [2.24, 2.45) is 0 Å². The summed E-state index contributed by atoms with van der Waals surface area (Å²) >= 11 is 3.78. The highest BCUT2D eigenvalue weighted by Crippen LogP contribution is 2.38. The van der Waals surface area contributed by atoms with Gasteiger partial charge in [0.05, 0.1) is 5.69 Å². The molecule has 0 saturated carbocycles. The molecule has 1 N–H and O–H groups in total. The van der Waals surface area contributed by atoms with Crippen LogP contribution in [0, 0.1) is 0 Å². The summed E-state index contributed by atoms with van der Waals surface area (Å²) in [7, 11) is 0. The molecule has 2 rings (SSSR count). The second-order valence-corrected chi connectivity index (χ2v) is 7.31. The van der Waals surface area contributed by atoms with Crippen molar-refractivity contribution in [3.8, 4) is 0 Å². The largest absolute Gasteiger partial charge is 0.366 e. The second-order valence-electron chi connectivity index (χ2n) is 6.45. The van der Waals surface area contributed by atoms with Gasteiger partial charge in [-0.25, -0.2) is 0 Å². The van der Waals surface area contributed by atoms with E-state index in [1.807, 2.05) is 0 Å². The predicted molar refractivity (Wildman–Crippen MR) is 91.5 cm³/mol. The van der Waals surface area contributed by atoms with Gasteiger partial charge in [0.2, 0.25) is 0 Å². The summed E-state index contributed by atoms with van der Waals surface area (Å²) in [5.74, 6) is 0. The van der Waals surface area contributed by atoms with Crippen LogP contribution in [-0.4, -0.2) is 18.6 Å². The molecular weight excluding hydrogens is 312 g/mol. The molecule has 0 aliphatic carbocycles. The van der Waals surface area contributed by atoms with Crippen LogP contribution in [0.15, 0.2) is 22.7 Å². The van der Waals surface area contributed by atoms with Crippen molar-refractivity contribution >= 4 is 21.6 Å². The highest BCUT2D eigenvalue weighted by molar-refractivity contribution is 9.10. The Hall–Kier alpha value is -0.540. The van der Waals surface area contributed by atoms with Gasteiger partial charge in [-0.15, -0.1) is 0 Å². The van der Waals surface area contributed by atoms with Crippen molar-refractivity contribution in [3.05, 3.63) is 28.2 Å². The van der Waals surface area contributed by atoms with Crippen molar-refractivity contribution in [3.63, 3.8) is 0 Å². The first kappa shape index (κ1) is 15.8. The third kappa shape index (κ3) is 3.37. The Morgan fingerprint density at radius 2 is 2.15 bits per heavy atom. The third-order valence-electron chi connectivity index (χ3n) is 4.36. The molecule has 0 bridgehead atoms. The van der Waals surface area contributed by atoms with Gasteiger partial charge in [-0.1, -0.05) is 13.0 Å². The average Bonchev–Trinajstić information content (AvgIpc) is 2.75. The highest BCUT2D eigenvalue weighted by Gasteiger charge is 2.32. The van der Waals surface area contributed by atoms with E-state index in [0.29, 0.717) is 6.04 Å². The zero-order valence-electron chi connectivity index (χ0n) is 13.2. The van der Waals surface area contributed by atoms with Gasteiger partial charge in [-0.2, -0.15) is 0 Å². The van der Waals surface area contributed by atoms with E-state index in [2.05, 4.69) is 72.0 Å². The number of rotatable bonds is 5. The number of hydrogen-bond acceptors (Lipinski definition) is 2. The lowest BCUT2D eigenvalue weighted by molar-refractivity contribution is 0.517. The zero-order valence-corrected chi connectivity index (χ0v) is 14.8. The fourth-order valence-corrected chi connectivity index (χ4v) is 3.65. The first-order valence-electron chi connectivity index (χ1n) is 7.76. The van der Waals surface area contributed by atoms with E-state index in [1.54, 1.807) is 0 Å². The molecule has 1 saturated heterocycles. The van der Waals surface area contributed by atoms with Crippen molar-refractivity contribution in [1.82, 2.24) is 5.32 Å². The van der Waals surface area contributed by atoms with Gasteiger partial charge in [0.15, 0.2) is 0 Å². The summed E-state index contributed by atoms with van der Waals surface area (Å²) in [5, 5.41) is 3.55. The first-order chi connectivity index (χ1) is 9.45. The van der Waals surface area contributed by atoms with Gasteiger partial charge < -0.3 is 10.2 Å². The topological polar surface area (TPSA) is 15.3 Å². The smallest absolute Gasteiger partial charge is 0.0515 e. The lowest BCUT2D eigenvalue weighted by Crippen LogP contribution is -2.38. The van der Waals surface area contributed by atoms with Crippen LogP contribution in [0.3, 0.4) is 0 Å². The Bertz CT molecular complexity index is 456. The maximum atomic E-state index is 3.78. The van der Waals surface area contributed by atoms with Gasteiger partial charge in [0, 0.05) is 22.6 Å². The van der Waals surface area contributed by atoms with Crippen molar-refractivity contribution < 1.29 is 0 Å². The van der Waals surface area contributed by atoms with Crippen LogP contribution in [0.1, 0.15) is 58.6 Å². The van der Waals surface area contributed by atoms with Crippen LogP contribution in [-0.2, 0) is 0 Å². The SMILES string of the molecule is CCCNC(C)c1ccc(N2CCCC2(C)C)c(Br)c1.